The van der Waals surface area contributed by atoms with Crippen molar-refractivity contribution in [2.45, 2.75) is 0 Å². The van der Waals surface area contributed by atoms with Gasteiger partial charge in [0.05, 0.1) is 5.69 Å². The smallest absolute Gasteiger partial charge is 0.195 e. The Labute approximate surface area is 172 Å². The number of hydrogen-bond acceptors (Lipinski definition) is 5. The van der Waals surface area contributed by atoms with Crippen LogP contribution in [0.1, 0.15) is 21.7 Å². The van der Waals surface area contributed by atoms with Gasteiger partial charge in [-0.25, -0.2) is 0 Å². The average Bonchev–Trinajstić information content (AvgIpc) is 3.23. The van der Waals surface area contributed by atoms with Crippen LogP contribution in [0.25, 0.3) is 11.8 Å². The fourth-order valence-electron chi connectivity index (χ4n) is 2.82. The van der Waals surface area contributed by atoms with Crippen molar-refractivity contribution in [1.29, 1.82) is 0 Å². The predicted molar refractivity (Wildman–Crippen MR) is 113 cm³/mol. The second-order valence-electron chi connectivity index (χ2n) is 6.14. The molecule has 6 nitrogen and oxygen atoms in total. The molecule has 0 saturated heterocycles. The Hall–Kier alpha value is -3.77. The van der Waals surface area contributed by atoms with Gasteiger partial charge in [-0.15, -0.1) is 5.10 Å². The number of halogens is 1. The summed E-state index contributed by atoms with van der Waals surface area (Å²) in [5.74, 6) is 0.486. The highest BCUT2D eigenvalue weighted by Gasteiger charge is 2.12. The number of hydrogen-bond donors (Lipinski definition) is 1. The number of rotatable bonds is 6. The molecular formula is C22H16ClN5O. The summed E-state index contributed by atoms with van der Waals surface area (Å²) in [6.45, 7) is 0. The van der Waals surface area contributed by atoms with E-state index in [0.29, 0.717) is 27.7 Å². The Bertz CT molecular complexity index is 1150. The number of nitrogens with zero attached hydrogens (tertiary/aromatic N) is 4. The Morgan fingerprint density at radius 2 is 1.66 bits per heavy atom. The first-order valence-electron chi connectivity index (χ1n) is 8.88. The molecule has 4 rings (SSSR count). The van der Waals surface area contributed by atoms with Crippen LogP contribution in [0.15, 0.2) is 85.1 Å². The normalized spacial score (nSPS) is 10.9. The number of nitrogens with one attached hydrogen (secondary N) is 1. The third kappa shape index (κ3) is 4.23. The Morgan fingerprint density at radius 3 is 2.45 bits per heavy atom. The first-order valence-corrected chi connectivity index (χ1v) is 9.26. The quantitative estimate of drug-likeness (QED) is 0.477. The van der Waals surface area contributed by atoms with Gasteiger partial charge in [0.1, 0.15) is 0 Å². The van der Waals surface area contributed by atoms with Gasteiger partial charge in [-0.2, -0.15) is 4.68 Å². The van der Waals surface area contributed by atoms with Crippen molar-refractivity contribution < 1.29 is 4.79 Å². The van der Waals surface area contributed by atoms with E-state index < -0.39 is 0 Å². The molecule has 0 amide bonds. The molecule has 142 valence electrons. The lowest BCUT2D eigenvalue weighted by Crippen LogP contribution is -2.05. The molecule has 0 aliphatic rings. The van der Waals surface area contributed by atoms with E-state index in [1.54, 1.807) is 47.3 Å². The molecule has 4 aromatic rings. The number of anilines is 1. The SMILES string of the molecule is O=C(c1ccccc1)c1ccccc1N/C=C\c1nnnn1-c1ccc(Cl)cc1. The summed E-state index contributed by atoms with van der Waals surface area (Å²) < 4.78 is 1.59. The van der Waals surface area contributed by atoms with Gasteiger partial charge in [0.15, 0.2) is 11.6 Å². The maximum absolute atomic E-state index is 12.8. The first-order chi connectivity index (χ1) is 14.2. The molecule has 0 bridgehead atoms. The van der Waals surface area contributed by atoms with Crippen LogP contribution >= 0.6 is 11.6 Å². The number of para-hydroxylation sites is 1. The topological polar surface area (TPSA) is 72.7 Å². The van der Waals surface area contributed by atoms with Crippen LogP contribution in [0.4, 0.5) is 5.69 Å². The third-order valence-corrected chi connectivity index (χ3v) is 4.50. The van der Waals surface area contributed by atoms with E-state index in [2.05, 4.69) is 20.8 Å². The monoisotopic (exact) mass is 401 g/mol. The minimum absolute atomic E-state index is 0.0481. The van der Waals surface area contributed by atoms with Crippen molar-refractivity contribution in [3.8, 4) is 5.69 Å². The zero-order valence-electron chi connectivity index (χ0n) is 15.2. The summed E-state index contributed by atoms with van der Waals surface area (Å²) in [4.78, 5) is 12.8. The van der Waals surface area contributed by atoms with Crippen molar-refractivity contribution in [3.05, 3.63) is 107 Å². The van der Waals surface area contributed by atoms with Gasteiger partial charge in [0.25, 0.3) is 0 Å². The number of carbonyl (C=O) groups is 1. The highest BCUT2D eigenvalue weighted by atomic mass is 35.5. The summed E-state index contributed by atoms with van der Waals surface area (Å²) in [6, 6.07) is 23.7. The number of carbonyl (C=O) groups excluding carboxylic acids is 1. The molecule has 0 aliphatic carbocycles. The lowest BCUT2D eigenvalue weighted by atomic mass is 10.0. The third-order valence-electron chi connectivity index (χ3n) is 4.24. The van der Waals surface area contributed by atoms with E-state index in [-0.39, 0.29) is 5.78 Å². The molecule has 1 aromatic heterocycles. The molecule has 7 heteroatoms. The van der Waals surface area contributed by atoms with E-state index in [4.69, 9.17) is 11.6 Å². The van der Waals surface area contributed by atoms with Gasteiger partial charge in [-0.05, 0) is 46.8 Å². The highest BCUT2D eigenvalue weighted by Crippen LogP contribution is 2.20. The number of aromatic nitrogens is 4. The summed E-state index contributed by atoms with van der Waals surface area (Å²) >= 11 is 5.94. The minimum atomic E-state index is -0.0481. The molecule has 1 N–H and O–H groups in total. The molecule has 0 aliphatic heterocycles. The molecule has 1 heterocycles. The minimum Gasteiger partial charge on any atom is -0.361 e. The van der Waals surface area contributed by atoms with Gasteiger partial charge >= 0.3 is 0 Å². The summed E-state index contributed by atoms with van der Waals surface area (Å²) in [5, 5.41) is 15.6. The zero-order chi connectivity index (χ0) is 20.1. The number of benzene rings is 3. The molecule has 29 heavy (non-hydrogen) atoms. The van der Waals surface area contributed by atoms with Gasteiger partial charge in [-0.1, -0.05) is 54.1 Å². The largest absolute Gasteiger partial charge is 0.361 e. The molecular weight excluding hydrogens is 386 g/mol. The Morgan fingerprint density at radius 1 is 0.931 bits per heavy atom. The highest BCUT2D eigenvalue weighted by molar-refractivity contribution is 6.30. The van der Waals surface area contributed by atoms with Gasteiger partial charge in [0.2, 0.25) is 0 Å². The second-order valence-corrected chi connectivity index (χ2v) is 6.58. The second kappa shape index (κ2) is 8.50. The summed E-state index contributed by atoms with van der Waals surface area (Å²) in [5.41, 5.74) is 2.71. The molecule has 0 radical (unpaired) electrons. The molecule has 3 aromatic carbocycles. The fourth-order valence-corrected chi connectivity index (χ4v) is 2.95. The van der Waals surface area contributed by atoms with Gasteiger partial charge in [-0.3, -0.25) is 4.79 Å². The Balaban J connectivity index is 1.55. The number of tetrazole rings is 1. The predicted octanol–water partition coefficient (Wildman–Crippen LogP) is 4.63. The van der Waals surface area contributed by atoms with Crippen LogP contribution in [0.3, 0.4) is 0 Å². The van der Waals surface area contributed by atoms with Crippen molar-refractivity contribution in [2.24, 2.45) is 0 Å². The molecule has 0 saturated carbocycles. The maximum atomic E-state index is 12.8. The Kier molecular flexibility index (Phi) is 5.45. The van der Waals surface area contributed by atoms with Crippen molar-refractivity contribution in [2.75, 3.05) is 5.32 Å². The molecule has 0 atom stereocenters. The van der Waals surface area contributed by atoms with Crippen molar-refractivity contribution in [3.63, 3.8) is 0 Å². The van der Waals surface area contributed by atoms with Crippen LogP contribution in [0.5, 0.6) is 0 Å². The van der Waals surface area contributed by atoms with Crippen LogP contribution in [-0.4, -0.2) is 26.0 Å². The fraction of sp³-hybridized carbons (Fsp3) is 0. The standard InChI is InChI=1S/C22H16ClN5O/c23-17-10-12-18(13-11-17)28-21(25-26-27-28)14-15-24-20-9-5-4-8-19(20)22(29)16-6-2-1-3-7-16/h1-15,24H/b15-14-. The molecule has 0 unspecified atom stereocenters. The number of ketones is 1. The van der Waals surface area contributed by atoms with Gasteiger partial charge < -0.3 is 5.32 Å². The lowest BCUT2D eigenvalue weighted by molar-refractivity contribution is 0.103. The van der Waals surface area contributed by atoms with E-state index >= 15 is 0 Å². The summed E-state index contributed by atoms with van der Waals surface area (Å²) in [7, 11) is 0. The van der Waals surface area contributed by atoms with E-state index in [9.17, 15) is 4.79 Å². The lowest BCUT2D eigenvalue weighted by Gasteiger charge is -2.08. The van der Waals surface area contributed by atoms with E-state index in [1.807, 2.05) is 48.5 Å². The average molecular weight is 402 g/mol. The van der Waals surface area contributed by atoms with Crippen molar-refractivity contribution >= 4 is 29.1 Å². The maximum Gasteiger partial charge on any atom is 0.195 e. The van der Waals surface area contributed by atoms with Crippen LogP contribution < -0.4 is 5.32 Å². The first kappa shape index (κ1) is 18.6. The van der Waals surface area contributed by atoms with Crippen LogP contribution in [0, 0.1) is 0 Å². The summed E-state index contributed by atoms with van der Waals surface area (Å²) in [6.07, 6.45) is 3.44. The van der Waals surface area contributed by atoms with Crippen LogP contribution in [0.2, 0.25) is 5.02 Å². The van der Waals surface area contributed by atoms with Gasteiger partial charge in [0, 0.05) is 34.1 Å². The molecule has 0 fully saturated rings. The zero-order valence-corrected chi connectivity index (χ0v) is 16.0. The molecule has 0 spiro atoms. The van der Waals surface area contributed by atoms with E-state index in [1.165, 1.54) is 0 Å². The van der Waals surface area contributed by atoms with Crippen molar-refractivity contribution in [1.82, 2.24) is 20.2 Å². The van der Waals surface area contributed by atoms with Crippen LogP contribution in [-0.2, 0) is 0 Å². The van der Waals surface area contributed by atoms with E-state index in [0.717, 1.165) is 5.69 Å².